The largest absolute Gasteiger partial charge is 0.457 e. The minimum atomic E-state index is -3.13. The highest BCUT2D eigenvalue weighted by Gasteiger charge is 2.29. The molecule has 134 valence electrons. The zero-order valence-corrected chi connectivity index (χ0v) is 14.4. The summed E-state index contributed by atoms with van der Waals surface area (Å²) < 4.78 is 42.2. The van der Waals surface area contributed by atoms with E-state index < -0.39 is 27.6 Å². The van der Waals surface area contributed by atoms with E-state index in [-0.39, 0.29) is 34.2 Å². The van der Waals surface area contributed by atoms with Crippen LogP contribution < -0.4 is 5.32 Å². The van der Waals surface area contributed by atoms with Crippen LogP contribution in [0.15, 0.2) is 46.4 Å². The Balaban J connectivity index is 1.76. The number of nitrogens with one attached hydrogen (secondary N) is 1. The van der Waals surface area contributed by atoms with Crippen LogP contribution in [0.3, 0.4) is 0 Å². The predicted molar refractivity (Wildman–Crippen MR) is 92.9 cm³/mol. The van der Waals surface area contributed by atoms with Crippen molar-refractivity contribution in [2.45, 2.75) is 12.5 Å². The van der Waals surface area contributed by atoms with Gasteiger partial charge in [-0.2, -0.15) is 5.26 Å². The molecule has 0 unspecified atom stereocenters. The van der Waals surface area contributed by atoms with Crippen LogP contribution in [0.25, 0.3) is 17.4 Å². The molecule has 2 heterocycles. The molecule has 1 aliphatic heterocycles. The maximum atomic E-state index is 13.8. The number of carbonyl (C=O) groups is 1. The van der Waals surface area contributed by atoms with Gasteiger partial charge in [-0.05, 0) is 30.7 Å². The molecular formula is C18H15FN2O4S. The molecule has 1 aromatic carbocycles. The summed E-state index contributed by atoms with van der Waals surface area (Å²) in [5, 5.41) is 11.7. The maximum absolute atomic E-state index is 13.8. The number of rotatable bonds is 4. The quantitative estimate of drug-likeness (QED) is 0.654. The van der Waals surface area contributed by atoms with Gasteiger partial charge < -0.3 is 9.73 Å². The lowest BCUT2D eigenvalue weighted by Crippen LogP contribution is -2.36. The number of carbonyl (C=O) groups excluding carboxylic acids is 1. The second-order valence-electron chi connectivity index (χ2n) is 5.93. The van der Waals surface area contributed by atoms with E-state index in [0.29, 0.717) is 6.42 Å². The first kappa shape index (κ1) is 17.9. The average Bonchev–Trinajstić information content (AvgIpc) is 3.19. The van der Waals surface area contributed by atoms with E-state index in [1.54, 1.807) is 30.3 Å². The van der Waals surface area contributed by atoms with E-state index in [0.717, 1.165) is 0 Å². The summed E-state index contributed by atoms with van der Waals surface area (Å²) in [6.45, 7) is 0. The van der Waals surface area contributed by atoms with E-state index in [1.165, 1.54) is 18.2 Å². The summed E-state index contributed by atoms with van der Waals surface area (Å²) in [7, 11) is -3.13. The average molecular weight is 374 g/mol. The maximum Gasteiger partial charge on any atom is 0.262 e. The smallest absolute Gasteiger partial charge is 0.262 e. The highest BCUT2D eigenvalue weighted by molar-refractivity contribution is 7.91. The van der Waals surface area contributed by atoms with Gasteiger partial charge in [0.2, 0.25) is 0 Å². The fourth-order valence-electron chi connectivity index (χ4n) is 2.70. The Morgan fingerprint density at radius 2 is 2.08 bits per heavy atom. The first-order valence-corrected chi connectivity index (χ1v) is 9.68. The molecular weight excluding hydrogens is 359 g/mol. The molecule has 1 aromatic heterocycles. The Kier molecular flexibility index (Phi) is 4.91. The Labute approximate surface area is 149 Å². The standard InChI is InChI=1S/C18H15FN2O4S/c19-16-4-2-1-3-15(16)17-6-5-14(25-17)9-12(10-20)18(22)21-13-7-8-26(23,24)11-13/h1-6,9,13H,7-8,11H2,(H,21,22)/b12-9+/t13-/m1/s1. The van der Waals surface area contributed by atoms with Crippen molar-refractivity contribution in [1.29, 1.82) is 5.26 Å². The number of sulfone groups is 1. The SMILES string of the molecule is N#C/C(=C\c1ccc(-c2ccccc2F)o1)C(=O)N[C@@H]1CCS(=O)(=O)C1. The molecule has 8 heteroatoms. The van der Waals surface area contributed by atoms with Crippen LogP contribution in [-0.4, -0.2) is 31.9 Å². The van der Waals surface area contributed by atoms with Gasteiger partial charge in [-0.3, -0.25) is 4.79 Å². The molecule has 0 aliphatic carbocycles. The number of furan rings is 1. The topological polar surface area (TPSA) is 100 Å². The molecule has 1 aliphatic rings. The first-order valence-electron chi connectivity index (χ1n) is 7.86. The van der Waals surface area contributed by atoms with Gasteiger partial charge in [0.15, 0.2) is 9.84 Å². The number of halogens is 1. The Bertz CT molecular complexity index is 1020. The number of hydrogen-bond acceptors (Lipinski definition) is 5. The highest BCUT2D eigenvalue weighted by Crippen LogP contribution is 2.25. The van der Waals surface area contributed by atoms with Gasteiger partial charge in [0.25, 0.3) is 5.91 Å². The first-order chi connectivity index (χ1) is 12.4. The Morgan fingerprint density at radius 3 is 2.73 bits per heavy atom. The minimum Gasteiger partial charge on any atom is -0.457 e. The molecule has 3 rings (SSSR count). The van der Waals surface area contributed by atoms with E-state index in [1.807, 2.05) is 0 Å². The van der Waals surface area contributed by atoms with Crippen LogP contribution in [0.5, 0.6) is 0 Å². The molecule has 2 aromatic rings. The number of hydrogen-bond donors (Lipinski definition) is 1. The number of nitrogens with zero attached hydrogens (tertiary/aromatic N) is 1. The number of nitriles is 1. The fourth-order valence-corrected chi connectivity index (χ4v) is 4.37. The van der Waals surface area contributed by atoms with Crippen molar-refractivity contribution in [3.8, 4) is 17.4 Å². The third-order valence-electron chi connectivity index (χ3n) is 3.99. The molecule has 1 fully saturated rings. The normalized spacial score (nSPS) is 19.1. The molecule has 6 nitrogen and oxygen atoms in total. The van der Waals surface area contributed by atoms with Crippen LogP contribution in [0.1, 0.15) is 12.2 Å². The summed E-state index contributed by atoms with van der Waals surface area (Å²) in [4.78, 5) is 12.2. The Morgan fingerprint density at radius 1 is 1.31 bits per heavy atom. The molecule has 0 spiro atoms. The molecule has 1 atom stereocenters. The molecule has 26 heavy (non-hydrogen) atoms. The van der Waals surface area contributed by atoms with Gasteiger partial charge in [-0.15, -0.1) is 0 Å². The van der Waals surface area contributed by atoms with Crippen LogP contribution in [-0.2, 0) is 14.6 Å². The van der Waals surface area contributed by atoms with Crippen LogP contribution in [0, 0.1) is 17.1 Å². The van der Waals surface area contributed by atoms with Gasteiger partial charge in [0, 0.05) is 12.1 Å². The van der Waals surface area contributed by atoms with E-state index >= 15 is 0 Å². The number of benzene rings is 1. The van der Waals surface area contributed by atoms with Gasteiger partial charge in [0.05, 0.1) is 17.1 Å². The molecule has 1 saturated heterocycles. The molecule has 0 radical (unpaired) electrons. The van der Waals surface area contributed by atoms with Gasteiger partial charge in [0.1, 0.15) is 29.0 Å². The lowest BCUT2D eigenvalue weighted by molar-refractivity contribution is -0.117. The van der Waals surface area contributed by atoms with Crippen molar-refractivity contribution in [3.63, 3.8) is 0 Å². The second kappa shape index (κ2) is 7.14. The van der Waals surface area contributed by atoms with Crippen molar-refractivity contribution in [3.05, 3.63) is 53.5 Å². The molecule has 1 amide bonds. The Hall–Kier alpha value is -2.92. The fraction of sp³-hybridized carbons (Fsp3) is 0.222. The predicted octanol–water partition coefficient (Wildman–Crippen LogP) is 2.30. The third kappa shape index (κ3) is 4.00. The molecule has 1 N–H and O–H groups in total. The van der Waals surface area contributed by atoms with Crippen molar-refractivity contribution in [1.82, 2.24) is 5.32 Å². The third-order valence-corrected chi connectivity index (χ3v) is 5.75. The lowest BCUT2D eigenvalue weighted by atomic mass is 10.1. The molecule has 0 saturated carbocycles. The van der Waals surface area contributed by atoms with E-state index in [9.17, 15) is 22.9 Å². The van der Waals surface area contributed by atoms with Gasteiger partial charge in [-0.25, -0.2) is 12.8 Å². The minimum absolute atomic E-state index is 0.0216. The zero-order chi connectivity index (χ0) is 18.7. The van der Waals surface area contributed by atoms with Crippen molar-refractivity contribution in [2.75, 3.05) is 11.5 Å². The summed E-state index contributed by atoms with van der Waals surface area (Å²) >= 11 is 0. The van der Waals surface area contributed by atoms with Crippen LogP contribution in [0.4, 0.5) is 4.39 Å². The van der Waals surface area contributed by atoms with E-state index in [4.69, 9.17) is 4.42 Å². The summed E-state index contributed by atoms with van der Waals surface area (Å²) in [5.41, 5.74) is 0.0509. The van der Waals surface area contributed by atoms with Gasteiger partial charge >= 0.3 is 0 Å². The summed E-state index contributed by atoms with van der Waals surface area (Å²) in [6.07, 6.45) is 1.56. The van der Waals surface area contributed by atoms with E-state index in [2.05, 4.69) is 5.32 Å². The zero-order valence-electron chi connectivity index (χ0n) is 13.6. The second-order valence-corrected chi connectivity index (χ2v) is 8.15. The van der Waals surface area contributed by atoms with Crippen LogP contribution in [0.2, 0.25) is 0 Å². The van der Waals surface area contributed by atoms with Crippen molar-refractivity contribution in [2.24, 2.45) is 0 Å². The highest BCUT2D eigenvalue weighted by atomic mass is 32.2. The summed E-state index contributed by atoms with van der Waals surface area (Å²) in [5.74, 6) is -0.733. The number of amides is 1. The molecule has 0 bridgehead atoms. The van der Waals surface area contributed by atoms with Crippen molar-refractivity contribution < 1.29 is 22.0 Å². The van der Waals surface area contributed by atoms with Crippen molar-refractivity contribution >= 4 is 21.8 Å². The van der Waals surface area contributed by atoms with Gasteiger partial charge in [-0.1, -0.05) is 12.1 Å². The summed E-state index contributed by atoms with van der Waals surface area (Å²) in [6, 6.07) is 10.4. The monoisotopic (exact) mass is 374 g/mol. The van der Waals surface area contributed by atoms with Crippen LogP contribution >= 0.6 is 0 Å². The lowest BCUT2D eigenvalue weighted by Gasteiger charge is -2.09.